The highest BCUT2D eigenvalue weighted by Crippen LogP contribution is 2.47. The number of carbonyl (C=O) groups excluding carboxylic acids is 1. The molecule has 6 rings (SSSR count). The second kappa shape index (κ2) is 11.5. The number of pyridine rings is 2. The summed E-state index contributed by atoms with van der Waals surface area (Å²) in [4.78, 5) is 35.6. The molecule has 0 saturated carbocycles. The number of halogens is 3. The molecule has 2 aliphatic rings. The minimum absolute atomic E-state index is 0.0237. The van der Waals surface area contributed by atoms with Gasteiger partial charge in [-0.3, -0.25) is 19.1 Å². The van der Waals surface area contributed by atoms with E-state index in [0.29, 0.717) is 42.1 Å². The summed E-state index contributed by atoms with van der Waals surface area (Å²) >= 11 is 6.77. The lowest BCUT2D eigenvalue weighted by Gasteiger charge is -2.45. The normalized spacial score (nSPS) is 18.0. The number of phenols is 1. The van der Waals surface area contributed by atoms with Crippen molar-refractivity contribution in [3.63, 3.8) is 0 Å². The van der Waals surface area contributed by atoms with Crippen LogP contribution in [0.15, 0.2) is 54.0 Å². The lowest BCUT2D eigenvalue weighted by atomic mass is 9.97. The van der Waals surface area contributed by atoms with E-state index >= 15 is 8.78 Å². The predicted octanol–water partition coefficient (Wildman–Crippen LogP) is 6.50. The van der Waals surface area contributed by atoms with Crippen LogP contribution in [0.25, 0.3) is 27.7 Å². The average Bonchev–Trinajstić information content (AvgIpc) is 3.18. The summed E-state index contributed by atoms with van der Waals surface area (Å²) in [5, 5.41) is 10.8. The van der Waals surface area contributed by atoms with Gasteiger partial charge in [0.2, 0.25) is 11.7 Å². The van der Waals surface area contributed by atoms with Crippen molar-refractivity contribution in [3.8, 4) is 28.3 Å². The van der Waals surface area contributed by atoms with Crippen LogP contribution in [0.4, 0.5) is 14.5 Å². The fourth-order valence-corrected chi connectivity index (χ4v) is 6.90. The fraction of sp³-hybridized carbons (Fsp3) is 0.324. The maximum Gasteiger partial charge on any atom is 0.300 e. The predicted molar refractivity (Wildman–Crippen MR) is 171 cm³/mol. The minimum Gasteiger partial charge on any atom is -0.507 e. The summed E-state index contributed by atoms with van der Waals surface area (Å²) in [5.41, 5.74) is 0.401. The summed E-state index contributed by atoms with van der Waals surface area (Å²) in [6.07, 6.45) is 3.40. The van der Waals surface area contributed by atoms with Gasteiger partial charge in [0.25, 0.3) is 5.56 Å². The number of fused-ring (bicyclic) bond motifs is 5. The Bertz CT molecular complexity index is 1920. The lowest BCUT2D eigenvalue weighted by Crippen LogP contribution is -2.59. The van der Waals surface area contributed by atoms with Crippen molar-refractivity contribution in [2.24, 2.45) is 0 Å². The monoisotopic (exact) mass is 634 g/mol. The molecule has 45 heavy (non-hydrogen) atoms. The molecule has 2 unspecified atom stereocenters. The Kier molecular flexibility index (Phi) is 7.81. The van der Waals surface area contributed by atoms with E-state index in [2.05, 4.69) is 11.6 Å². The highest BCUT2D eigenvalue weighted by molar-refractivity contribution is 6.34. The van der Waals surface area contributed by atoms with Crippen molar-refractivity contribution < 1.29 is 23.4 Å². The number of ether oxygens (including phenoxy) is 1. The van der Waals surface area contributed by atoms with Gasteiger partial charge in [0.1, 0.15) is 11.6 Å². The maximum absolute atomic E-state index is 17.3. The molecule has 0 radical (unpaired) electrons. The van der Waals surface area contributed by atoms with E-state index in [1.54, 1.807) is 24.1 Å². The Morgan fingerprint density at radius 3 is 2.64 bits per heavy atom. The number of carbonyl (C=O) groups is 1. The minimum atomic E-state index is -0.981. The van der Waals surface area contributed by atoms with Crippen LogP contribution in [0.3, 0.4) is 0 Å². The molecule has 2 aromatic carbocycles. The number of amides is 1. The first-order valence-electron chi connectivity index (χ1n) is 14.8. The molecule has 2 aliphatic heterocycles. The summed E-state index contributed by atoms with van der Waals surface area (Å²) in [5.74, 6) is -2.68. The van der Waals surface area contributed by atoms with Crippen LogP contribution in [0, 0.1) is 18.6 Å². The maximum atomic E-state index is 17.3. The Balaban J connectivity index is 1.76. The highest BCUT2D eigenvalue weighted by atomic mass is 35.5. The third-order valence-electron chi connectivity index (χ3n) is 8.73. The van der Waals surface area contributed by atoms with Gasteiger partial charge in [-0.25, -0.2) is 8.78 Å². The van der Waals surface area contributed by atoms with Crippen molar-refractivity contribution in [1.29, 1.82) is 0 Å². The molecule has 4 heterocycles. The van der Waals surface area contributed by atoms with Crippen molar-refractivity contribution >= 4 is 34.1 Å². The first kappa shape index (κ1) is 30.6. The van der Waals surface area contributed by atoms with Crippen molar-refractivity contribution in [2.75, 3.05) is 24.6 Å². The SMILES string of the molecule is C=CC(=O)N1CC2CCOc3c(c4cc(Cl)c(-c5c(O)cccc5F)c(F)c4n(-c4c(C)ccnc4C(C)C)c3=O)N2CC1C. The van der Waals surface area contributed by atoms with E-state index in [-0.39, 0.29) is 57.8 Å². The Morgan fingerprint density at radius 2 is 1.96 bits per heavy atom. The van der Waals surface area contributed by atoms with Gasteiger partial charge in [0.05, 0.1) is 45.8 Å². The number of phenolic OH excluding ortho intramolecular Hbond substituents is 1. The summed E-state index contributed by atoms with van der Waals surface area (Å²) in [6.45, 7) is 12.0. The van der Waals surface area contributed by atoms with Gasteiger partial charge >= 0.3 is 0 Å². The zero-order chi connectivity index (χ0) is 32.3. The summed E-state index contributed by atoms with van der Waals surface area (Å²) in [7, 11) is 0. The smallest absolute Gasteiger partial charge is 0.300 e. The third kappa shape index (κ3) is 4.82. The number of aryl methyl sites for hydroxylation is 1. The summed E-state index contributed by atoms with van der Waals surface area (Å²) < 4.78 is 39.9. The highest BCUT2D eigenvalue weighted by Gasteiger charge is 2.40. The molecular weight excluding hydrogens is 602 g/mol. The second-order valence-corrected chi connectivity index (χ2v) is 12.3. The van der Waals surface area contributed by atoms with E-state index in [0.717, 1.165) is 6.07 Å². The van der Waals surface area contributed by atoms with Gasteiger partial charge in [-0.15, -0.1) is 0 Å². The topological polar surface area (TPSA) is 87.9 Å². The van der Waals surface area contributed by atoms with Crippen LogP contribution < -0.4 is 15.2 Å². The lowest BCUT2D eigenvalue weighted by molar-refractivity contribution is -0.128. The van der Waals surface area contributed by atoms with Crippen LogP contribution >= 0.6 is 11.6 Å². The molecule has 0 aliphatic carbocycles. The first-order valence-corrected chi connectivity index (χ1v) is 15.2. The van der Waals surface area contributed by atoms with Crippen molar-refractivity contribution in [2.45, 2.75) is 52.1 Å². The fourth-order valence-electron chi connectivity index (χ4n) is 6.62. The number of benzene rings is 2. The molecule has 1 amide bonds. The van der Waals surface area contributed by atoms with E-state index in [9.17, 15) is 14.7 Å². The van der Waals surface area contributed by atoms with Crippen molar-refractivity contribution in [3.05, 3.63) is 87.5 Å². The molecule has 1 N–H and O–H groups in total. The van der Waals surface area contributed by atoms with E-state index < -0.39 is 28.5 Å². The molecule has 4 aromatic rings. The van der Waals surface area contributed by atoms with Crippen LogP contribution in [-0.4, -0.2) is 57.2 Å². The van der Waals surface area contributed by atoms with E-state index in [4.69, 9.17) is 16.3 Å². The zero-order valence-electron chi connectivity index (χ0n) is 25.4. The molecule has 234 valence electrons. The largest absolute Gasteiger partial charge is 0.507 e. The molecule has 0 bridgehead atoms. The number of nitrogens with zero attached hydrogens (tertiary/aromatic N) is 4. The van der Waals surface area contributed by atoms with Crippen LogP contribution in [0.2, 0.25) is 5.02 Å². The Hall–Kier alpha value is -4.44. The van der Waals surface area contributed by atoms with E-state index in [1.165, 1.54) is 28.8 Å². The van der Waals surface area contributed by atoms with Crippen LogP contribution in [-0.2, 0) is 4.79 Å². The van der Waals surface area contributed by atoms with Crippen LogP contribution in [0.1, 0.15) is 44.4 Å². The standard InChI is InChI=1S/C34H33ClF2N4O4/c1-6-25(43)39-16-20-11-13-45-33-32(40(20)15-19(39)5)21-14-22(35)26(27-23(36)8-7-9-24(27)42)28(37)31(21)41(34(33)44)30-18(4)10-12-38-29(30)17(2)3/h6-10,12,14,17,19-20,42H,1,11,13,15-16H2,2-5H3. The molecule has 1 saturated heterocycles. The average molecular weight is 635 g/mol. The molecule has 2 aromatic heterocycles. The molecule has 0 spiro atoms. The number of piperazine rings is 1. The number of rotatable bonds is 4. The van der Waals surface area contributed by atoms with Gasteiger partial charge in [-0.05, 0) is 55.7 Å². The molecule has 8 nitrogen and oxygen atoms in total. The number of hydrogen-bond acceptors (Lipinski definition) is 6. The number of aromatic nitrogens is 2. The number of anilines is 1. The molecule has 2 atom stereocenters. The molecular formula is C34H33ClF2N4O4. The number of hydrogen-bond donors (Lipinski definition) is 1. The van der Waals surface area contributed by atoms with Gasteiger partial charge in [-0.2, -0.15) is 0 Å². The van der Waals surface area contributed by atoms with E-state index in [1.807, 2.05) is 25.7 Å². The third-order valence-corrected chi connectivity index (χ3v) is 9.03. The van der Waals surface area contributed by atoms with Gasteiger partial charge in [-0.1, -0.05) is 38.1 Å². The van der Waals surface area contributed by atoms with Gasteiger partial charge in [0, 0.05) is 42.7 Å². The Morgan fingerprint density at radius 1 is 1.20 bits per heavy atom. The Labute approximate surface area is 264 Å². The van der Waals surface area contributed by atoms with Crippen LogP contribution in [0.5, 0.6) is 11.5 Å². The zero-order valence-corrected chi connectivity index (χ0v) is 26.2. The molecule has 11 heteroatoms. The van der Waals surface area contributed by atoms with Crippen molar-refractivity contribution in [1.82, 2.24) is 14.5 Å². The first-order chi connectivity index (χ1) is 21.5. The van der Waals surface area contributed by atoms with Gasteiger partial charge in [0.15, 0.2) is 5.82 Å². The number of aromatic hydroxyl groups is 1. The molecule has 1 fully saturated rings. The quantitative estimate of drug-likeness (QED) is 0.258. The van der Waals surface area contributed by atoms with Gasteiger partial charge < -0.3 is 19.6 Å². The summed E-state index contributed by atoms with van der Waals surface area (Å²) in [6, 6.07) is 6.36. The second-order valence-electron chi connectivity index (χ2n) is 11.9.